The van der Waals surface area contributed by atoms with E-state index in [1.807, 2.05) is 11.6 Å². The Kier molecular flexibility index (Phi) is 3.73. The van der Waals surface area contributed by atoms with Crippen molar-refractivity contribution < 1.29 is 0 Å². The fourth-order valence-electron chi connectivity index (χ4n) is 2.95. The number of benzene rings is 1. The van der Waals surface area contributed by atoms with Gasteiger partial charge in [-0.05, 0) is 26.0 Å². The second-order valence-corrected chi connectivity index (χ2v) is 5.45. The molecule has 0 bridgehead atoms. The number of aromatic nitrogens is 2. The van der Waals surface area contributed by atoms with Crippen LogP contribution in [-0.2, 0) is 6.54 Å². The van der Waals surface area contributed by atoms with E-state index in [-0.39, 0.29) is 0 Å². The first-order valence-corrected chi connectivity index (χ1v) is 7.58. The van der Waals surface area contributed by atoms with E-state index in [0.29, 0.717) is 0 Å². The van der Waals surface area contributed by atoms with Crippen LogP contribution >= 0.6 is 0 Å². The Balaban J connectivity index is 1.74. The number of hydrogen-bond acceptors (Lipinski definition) is 4. The van der Waals surface area contributed by atoms with Crippen LogP contribution in [0.2, 0.25) is 0 Å². The van der Waals surface area contributed by atoms with Crippen LogP contribution in [0.15, 0.2) is 30.3 Å². The highest BCUT2D eigenvalue weighted by molar-refractivity contribution is 5.67. The van der Waals surface area contributed by atoms with E-state index < -0.39 is 0 Å². The fraction of sp³-hybridized carbons (Fsp3) is 0.438. The van der Waals surface area contributed by atoms with Crippen molar-refractivity contribution in [3.05, 3.63) is 36.0 Å². The predicted molar refractivity (Wildman–Crippen MR) is 87.9 cm³/mol. The number of para-hydroxylation sites is 1. The monoisotopic (exact) mass is 285 g/mol. The number of hydrogen-bond donors (Lipinski definition) is 1. The Morgan fingerprint density at radius 3 is 2.29 bits per heavy atom. The Labute approximate surface area is 126 Å². The lowest BCUT2D eigenvalue weighted by Gasteiger charge is -2.37. The van der Waals surface area contributed by atoms with E-state index in [0.717, 1.165) is 49.9 Å². The molecule has 0 unspecified atom stereocenters. The molecule has 1 aliphatic heterocycles. The van der Waals surface area contributed by atoms with Crippen molar-refractivity contribution in [1.29, 1.82) is 0 Å². The molecule has 1 aromatic carbocycles. The Morgan fingerprint density at radius 1 is 1.05 bits per heavy atom. The highest BCUT2D eigenvalue weighted by Gasteiger charge is 2.23. The normalized spacial score (nSPS) is 15.5. The summed E-state index contributed by atoms with van der Waals surface area (Å²) in [4.78, 5) is 4.78. The van der Waals surface area contributed by atoms with Crippen LogP contribution in [0.1, 0.15) is 12.6 Å². The quantitative estimate of drug-likeness (QED) is 0.938. The molecule has 5 heteroatoms. The smallest absolute Gasteiger partial charge is 0.150 e. The first-order valence-electron chi connectivity index (χ1n) is 7.58. The van der Waals surface area contributed by atoms with Gasteiger partial charge in [-0.3, -0.25) is 0 Å². The van der Waals surface area contributed by atoms with Crippen LogP contribution in [0.25, 0.3) is 0 Å². The molecule has 5 nitrogen and oxygen atoms in total. The summed E-state index contributed by atoms with van der Waals surface area (Å²) in [6.45, 7) is 8.91. The van der Waals surface area contributed by atoms with Gasteiger partial charge < -0.3 is 15.5 Å². The van der Waals surface area contributed by atoms with Gasteiger partial charge in [0.15, 0.2) is 5.82 Å². The van der Waals surface area contributed by atoms with Gasteiger partial charge in [0, 0.05) is 38.4 Å². The number of nitrogen functional groups attached to an aromatic ring is 1. The van der Waals surface area contributed by atoms with Gasteiger partial charge in [-0.25, -0.2) is 4.68 Å². The van der Waals surface area contributed by atoms with E-state index >= 15 is 0 Å². The minimum absolute atomic E-state index is 0.824. The van der Waals surface area contributed by atoms with E-state index in [9.17, 15) is 0 Å². The first-order chi connectivity index (χ1) is 10.2. The SMILES string of the molecule is CCn1nc(C)c(N)c1N1CCN(c2ccccc2)CC1. The van der Waals surface area contributed by atoms with Crippen molar-refractivity contribution in [1.82, 2.24) is 9.78 Å². The maximum atomic E-state index is 6.22. The van der Waals surface area contributed by atoms with Crippen molar-refractivity contribution in [2.45, 2.75) is 20.4 Å². The molecule has 0 aliphatic carbocycles. The molecule has 3 rings (SSSR count). The molecule has 0 radical (unpaired) electrons. The molecule has 0 spiro atoms. The highest BCUT2D eigenvalue weighted by atomic mass is 15.4. The Hall–Kier alpha value is -2.17. The van der Waals surface area contributed by atoms with Crippen LogP contribution in [0, 0.1) is 6.92 Å². The Bertz CT molecular complexity index is 597. The summed E-state index contributed by atoms with van der Waals surface area (Å²) in [7, 11) is 0. The zero-order valence-corrected chi connectivity index (χ0v) is 12.8. The number of anilines is 3. The van der Waals surface area contributed by atoms with Gasteiger partial charge in [0.2, 0.25) is 0 Å². The molecule has 1 fully saturated rings. The summed E-state index contributed by atoms with van der Waals surface area (Å²) >= 11 is 0. The van der Waals surface area contributed by atoms with Gasteiger partial charge in [-0.2, -0.15) is 5.10 Å². The maximum Gasteiger partial charge on any atom is 0.150 e. The third-order valence-electron chi connectivity index (χ3n) is 4.15. The largest absolute Gasteiger partial charge is 0.394 e. The molecule has 1 aromatic heterocycles. The number of nitrogens with two attached hydrogens (primary N) is 1. The summed E-state index contributed by atoms with van der Waals surface area (Å²) in [6, 6.07) is 10.6. The second-order valence-electron chi connectivity index (χ2n) is 5.45. The van der Waals surface area contributed by atoms with Crippen molar-refractivity contribution >= 4 is 17.2 Å². The summed E-state index contributed by atoms with van der Waals surface area (Å²) in [6.07, 6.45) is 0. The molecule has 2 heterocycles. The van der Waals surface area contributed by atoms with Crippen LogP contribution < -0.4 is 15.5 Å². The summed E-state index contributed by atoms with van der Waals surface area (Å²) in [5.41, 5.74) is 9.27. The van der Waals surface area contributed by atoms with E-state index in [1.54, 1.807) is 0 Å². The van der Waals surface area contributed by atoms with Crippen molar-refractivity contribution in [3.8, 4) is 0 Å². The zero-order chi connectivity index (χ0) is 14.8. The van der Waals surface area contributed by atoms with Crippen molar-refractivity contribution in [2.24, 2.45) is 0 Å². The van der Waals surface area contributed by atoms with Gasteiger partial charge in [0.25, 0.3) is 0 Å². The van der Waals surface area contributed by atoms with Crippen molar-refractivity contribution in [2.75, 3.05) is 41.7 Å². The van der Waals surface area contributed by atoms with Gasteiger partial charge in [-0.15, -0.1) is 0 Å². The molecule has 1 saturated heterocycles. The zero-order valence-electron chi connectivity index (χ0n) is 12.8. The van der Waals surface area contributed by atoms with Gasteiger partial charge in [-0.1, -0.05) is 18.2 Å². The topological polar surface area (TPSA) is 50.3 Å². The summed E-state index contributed by atoms with van der Waals surface area (Å²) in [5.74, 6) is 1.09. The number of nitrogens with zero attached hydrogens (tertiary/aromatic N) is 4. The lowest BCUT2D eigenvalue weighted by Crippen LogP contribution is -2.47. The number of piperazine rings is 1. The molecule has 112 valence electrons. The molecule has 0 saturated carbocycles. The molecule has 1 aliphatic rings. The minimum atomic E-state index is 0.824. The molecule has 0 amide bonds. The second kappa shape index (κ2) is 5.68. The fourth-order valence-corrected chi connectivity index (χ4v) is 2.95. The third-order valence-corrected chi connectivity index (χ3v) is 4.15. The average molecular weight is 285 g/mol. The van der Waals surface area contributed by atoms with E-state index in [2.05, 4.69) is 52.2 Å². The van der Waals surface area contributed by atoms with Gasteiger partial charge in [0.1, 0.15) is 0 Å². The molecule has 2 N–H and O–H groups in total. The highest BCUT2D eigenvalue weighted by Crippen LogP contribution is 2.28. The molecule has 2 aromatic rings. The first kappa shape index (κ1) is 13.8. The van der Waals surface area contributed by atoms with Crippen LogP contribution in [0.3, 0.4) is 0 Å². The predicted octanol–water partition coefficient (Wildman–Crippen LogP) is 2.12. The molecular weight excluding hydrogens is 262 g/mol. The van der Waals surface area contributed by atoms with Crippen LogP contribution in [-0.4, -0.2) is 36.0 Å². The van der Waals surface area contributed by atoms with Gasteiger partial charge in [0.05, 0.1) is 11.4 Å². The minimum Gasteiger partial charge on any atom is -0.394 e. The van der Waals surface area contributed by atoms with E-state index in [1.165, 1.54) is 5.69 Å². The van der Waals surface area contributed by atoms with Gasteiger partial charge >= 0.3 is 0 Å². The third kappa shape index (κ3) is 2.55. The standard InChI is InChI=1S/C16H23N5/c1-3-21-16(15(17)13(2)18-21)20-11-9-19(10-12-20)14-7-5-4-6-8-14/h4-8H,3,9-12,17H2,1-2H3. The lowest BCUT2D eigenvalue weighted by atomic mass is 10.2. The van der Waals surface area contributed by atoms with E-state index in [4.69, 9.17) is 5.73 Å². The van der Waals surface area contributed by atoms with Crippen LogP contribution in [0.4, 0.5) is 17.2 Å². The van der Waals surface area contributed by atoms with Crippen molar-refractivity contribution in [3.63, 3.8) is 0 Å². The summed E-state index contributed by atoms with van der Waals surface area (Å²) in [5, 5.41) is 4.52. The van der Waals surface area contributed by atoms with Crippen LogP contribution in [0.5, 0.6) is 0 Å². The Morgan fingerprint density at radius 2 is 1.67 bits per heavy atom. The molecule has 21 heavy (non-hydrogen) atoms. The number of aryl methyl sites for hydroxylation is 2. The summed E-state index contributed by atoms with van der Waals surface area (Å²) < 4.78 is 2.02. The lowest BCUT2D eigenvalue weighted by molar-refractivity contribution is 0.596. The maximum absolute atomic E-state index is 6.22. The molecular formula is C16H23N5. The number of rotatable bonds is 3. The molecule has 0 atom stereocenters. The average Bonchev–Trinajstić information content (AvgIpc) is 2.83.